The van der Waals surface area contributed by atoms with Gasteiger partial charge in [-0.15, -0.1) is 0 Å². The number of nitrogens with zero attached hydrogens (tertiary/aromatic N) is 1. The summed E-state index contributed by atoms with van der Waals surface area (Å²) in [6.07, 6.45) is 1.76. The molecule has 1 amide bonds. The van der Waals surface area contributed by atoms with Crippen molar-refractivity contribution in [3.05, 3.63) is 32.7 Å². The lowest BCUT2D eigenvalue weighted by Gasteiger charge is -2.20. The van der Waals surface area contributed by atoms with E-state index in [0.29, 0.717) is 10.0 Å². The first kappa shape index (κ1) is 13.5. The fourth-order valence-electron chi connectivity index (χ4n) is 1.72. The number of hydrogen-bond acceptors (Lipinski definition) is 2. The van der Waals surface area contributed by atoms with Gasteiger partial charge in [-0.05, 0) is 47.0 Å². The smallest absolute Gasteiger partial charge is 0.323 e. The first-order chi connectivity index (χ1) is 8.49. The highest BCUT2D eigenvalue weighted by atomic mass is 79.9. The molecule has 0 spiro atoms. The second kappa shape index (κ2) is 5.40. The van der Waals surface area contributed by atoms with Gasteiger partial charge in [-0.25, -0.2) is 0 Å². The molecule has 1 aliphatic carbocycles. The molecule has 6 heteroatoms. The first-order valence-corrected chi connectivity index (χ1v) is 7.05. The van der Waals surface area contributed by atoms with Gasteiger partial charge in [0.25, 0.3) is 5.91 Å². The summed E-state index contributed by atoms with van der Waals surface area (Å²) in [5.74, 6) is -1.22. The van der Waals surface area contributed by atoms with Crippen LogP contribution in [0.5, 0.6) is 0 Å². The largest absolute Gasteiger partial charge is 0.480 e. The van der Waals surface area contributed by atoms with Crippen molar-refractivity contribution < 1.29 is 14.7 Å². The number of amides is 1. The summed E-state index contributed by atoms with van der Waals surface area (Å²) in [7, 11) is 0. The third kappa shape index (κ3) is 3.11. The first-order valence-electron chi connectivity index (χ1n) is 5.47. The molecule has 0 aromatic heterocycles. The van der Waals surface area contributed by atoms with Crippen molar-refractivity contribution in [2.45, 2.75) is 18.9 Å². The number of hydrogen-bond donors (Lipinski definition) is 1. The molecule has 0 heterocycles. The number of carbonyl (C=O) groups excluding carboxylic acids is 1. The van der Waals surface area contributed by atoms with Crippen molar-refractivity contribution in [1.29, 1.82) is 0 Å². The Morgan fingerprint density at radius 3 is 2.50 bits per heavy atom. The molecular weight excluding hydrogens is 366 g/mol. The second-order valence-electron chi connectivity index (χ2n) is 4.18. The number of benzene rings is 1. The Hall–Kier alpha value is -0.880. The third-order valence-electron chi connectivity index (χ3n) is 2.72. The van der Waals surface area contributed by atoms with Crippen LogP contribution in [-0.2, 0) is 4.79 Å². The average molecular weight is 377 g/mol. The maximum atomic E-state index is 12.3. The van der Waals surface area contributed by atoms with E-state index >= 15 is 0 Å². The Balaban J connectivity index is 2.24. The minimum Gasteiger partial charge on any atom is -0.480 e. The number of carboxylic acids is 1. The predicted molar refractivity (Wildman–Crippen MR) is 73.5 cm³/mol. The van der Waals surface area contributed by atoms with Crippen LogP contribution < -0.4 is 0 Å². The van der Waals surface area contributed by atoms with E-state index in [1.165, 1.54) is 4.90 Å². The van der Waals surface area contributed by atoms with E-state index in [0.717, 1.165) is 17.3 Å². The van der Waals surface area contributed by atoms with Gasteiger partial charge in [-0.2, -0.15) is 0 Å². The Morgan fingerprint density at radius 2 is 2.00 bits per heavy atom. The zero-order valence-corrected chi connectivity index (χ0v) is 12.6. The van der Waals surface area contributed by atoms with Crippen LogP contribution in [0.2, 0.25) is 0 Å². The summed E-state index contributed by atoms with van der Waals surface area (Å²) < 4.78 is 1.53. The molecule has 0 bridgehead atoms. The molecule has 2 rings (SSSR count). The molecule has 0 atom stereocenters. The molecule has 96 valence electrons. The van der Waals surface area contributed by atoms with Crippen LogP contribution in [0.3, 0.4) is 0 Å². The van der Waals surface area contributed by atoms with Gasteiger partial charge >= 0.3 is 5.97 Å². The van der Waals surface area contributed by atoms with Gasteiger partial charge in [0.2, 0.25) is 0 Å². The van der Waals surface area contributed by atoms with E-state index in [4.69, 9.17) is 5.11 Å². The van der Waals surface area contributed by atoms with Gasteiger partial charge in [-0.1, -0.05) is 15.9 Å². The summed E-state index contributed by atoms with van der Waals surface area (Å²) in [5.41, 5.74) is 0.492. The summed E-state index contributed by atoms with van der Waals surface area (Å²) in [5, 5.41) is 8.86. The molecule has 18 heavy (non-hydrogen) atoms. The standard InChI is InChI=1S/C12H11Br2NO3/c13-7-1-4-9(10(14)5-7)12(18)15(6-11(16)17)8-2-3-8/h1,4-5,8H,2-3,6H2,(H,16,17). The molecule has 1 aromatic carbocycles. The van der Waals surface area contributed by atoms with Crippen LogP contribution in [0.15, 0.2) is 27.1 Å². The quantitative estimate of drug-likeness (QED) is 0.878. The van der Waals surface area contributed by atoms with Crippen molar-refractivity contribution >= 4 is 43.7 Å². The second-order valence-corrected chi connectivity index (χ2v) is 5.95. The van der Waals surface area contributed by atoms with E-state index < -0.39 is 5.97 Å². The van der Waals surface area contributed by atoms with E-state index in [1.807, 2.05) is 0 Å². The SMILES string of the molecule is O=C(O)CN(C(=O)c1ccc(Br)cc1Br)C1CC1. The van der Waals surface area contributed by atoms with E-state index in [-0.39, 0.29) is 18.5 Å². The minimum atomic E-state index is -0.983. The normalized spacial score (nSPS) is 14.3. The summed E-state index contributed by atoms with van der Waals surface area (Å²) in [4.78, 5) is 24.5. The Bertz CT molecular complexity index is 500. The average Bonchev–Trinajstić information content (AvgIpc) is 3.08. The summed E-state index contributed by atoms with van der Waals surface area (Å²) in [6, 6.07) is 5.31. The highest BCUT2D eigenvalue weighted by molar-refractivity contribution is 9.11. The van der Waals surface area contributed by atoms with Gasteiger partial charge < -0.3 is 10.0 Å². The maximum Gasteiger partial charge on any atom is 0.323 e. The fraction of sp³-hybridized carbons (Fsp3) is 0.333. The Kier molecular flexibility index (Phi) is 4.07. The fourth-order valence-corrected chi connectivity index (χ4v) is 2.93. The van der Waals surface area contributed by atoms with Crippen LogP contribution in [0.4, 0.5) is 0 Å². The lowest BCUT2D eigenvalue weighted by molar-refractivity contribution is -0.137. The molecule has 1 aromatic rings. The molecular formula is C12H11Br2NO3. The van der Waals surface area contributed by atoms with Gasteiger partial charge in [0.1, 0.15) is 6.54 Å². The van der Waals surface area contributed by atoms with Crippen LogP contribution >= 0.6 is 31.9 Å². The van der Waals surface area contributed by atoms with Crippen molar-refractivity contribution in [1.82, 2.24) is 4.90 Å². The van der Waals surface area contributed by atoms with Gasteiger partial charge in [-0.3, -0.25) is 9.59 Å². The molecule has 1 fully saturated rings. The summed E-state index contributed by atoms with van der Waals surface area (Å²) in [6.45, 7) is -0.244. The minimum absolute atomic E-state index is 0.0733. The zero-order valence-electron chi connectivity index (χ0n) is 9.40. The van der Waals surface area contributed by atoms with E-state index in [9.17, 15) is 9.59 Å². The lowest BCUT2D eigenvalue weighted by Crippen LogP contribution is -2.37. The molecule has 1 N–H and O–H groups in total. The maximum absolute atomic E-state index is 12.3. The van der Waals surface area contributed by atoms with Crippen LogP contribution in [0.25, 0.3) is 0 Å². The van der Waals surface area contributed by atoms with Crippen molar-refractivity contribution in [3.63, 3.8) is 0 Å². The molecule has 0 unspecified atom stereocenters. The van der Waals surface area contributed by atoms with Crippen molar-refractivity contribution in [2.24, 2.45) is 0 Å². The number of carbonyl (C=O) groups is 2. The lowest BCUT2D eigenvalue weighted by atomic mass is 10.2. The Morgan fingerprint density at radius 1 is 1.33 bits per heavy atom. The van der Waals surface area contributed by atoms with E-state index in [2.05, 4.69) is 31.9 Å². The van der Waals surface area contributed by atoms with Crippen LogP contribution in [0.1, 0.15) is 23.2 Å². The van der Waals surface area contributed by atoms with Crippen molar-refractivity contribution in [2.75, 3.05) is 6.54 Å². The highest BCUT2D eigenvalue weighted by Crippen LogP contribution is 2.30. The molecule has 0 radical (unpaired) electrons. The number of rotatable bonds is 4. The van der Waals surface area contributed by atoms with Gasteiger partial charge in [0, 0.05) is 15.0 Å². The van der Waals surface area contributed by atoms with Gasteiger partial charge in [0.15, 0.2) is 0 Å². The molecule has 4 nitrogen and oxygen atoms in total. The van der Waals surface area contributed by atoms with Gasteiger partial charge in [0.05, 0.1) is 5.56 Å². The van der Waals surface area contributed by atoms with Crippen molar-refractivity contribution in [3.8, 4) is 0 Å². The molecule has 0 saturated heterocycles. The zero-order chi connectivity index (χ0) is 13.3. The topological polar surface area (TPSA) is 57.6 Å². The number of carboxylic acid groups (broad SMARTS) is 1. The van der Waals surface area contributed by atoms with Crippen LogP contribution in [-0.4, -0.2) is 34.5 Å². The van der Waals surface area contributed by atoms with E-state index in [1.54, 1.807) is 18.2 Å². The van der Waals surface area contributed by atoms with Crippen LogP contribution in [0, 0.1) is 0 Å². The Labute approximate surface area is 121 Å². The predicted octanol–water partition coefficient (Wildman–Crippen LogP) is 2.90. The molecule has 1 aliphatic rings. The highest BCUT2D eigenvalue weighted by Gasteiger charge is 2.34. The third-order valence-corrected chi connectivity index (χ3v) is 3.86. The number of aliphatic carboxylic acids is 1. The number of halogens is 2. The molecule has 0 aliphatic heterocycles. The summed E-state index contributed by atoms with van der Waals surface area (Å²) >= 11 is 6.64. The molecule has 1 saturated carbocycles. The monoisotopic (exact) mass is 375 g/mol.